The number of pyridine rings is 1. The van der Waals surface area contributed by atoms with Gasteiger partial charge in [0.1, 0.15) is 0 Å². The molecule has 0 unspecified atom stereocenters. The highest BCUT2D eigenvalue weighted by atomic mass is 16.5. The summed E-state index contributed by atoms with van der Waals surface area (Å²) in [4.78, 5) is 23.5. The zero-order valence-electron chi connectivity index (χ0n) is 11.6. The Morgan fingerprint density at radius 2 is 2.05 bits per heavy atom. The maximum absolute atomic E-state index is 11.8. The van der Waals surface area contributed by atoms with Gasteiger partial charge in [-0.15, -0.1) is 0 Å². The number of benzene rings is 1. The van der Waals surface area contributed by atoms with Crippen molar-refractivity contribution in [3.05, 3.63) is 69.6 Å². The lowest BCUT2D eigenvalue weighted by Crippen LogP contribution is -2.19. The first-order valence-electron chi connectivity index (χ1n) is 6.53. The van der Waals surface area contributed by atoms with Gasteiger partial charge in [-0.2, -0.15) is 0 Å². The van der Waals surface area contributed by atoms with Crippen molar-refractivity contribution in [1.29, 1.82) is 0 Å². The Morgan fingerprint density at radius 3 is 2.75 bits per heavy atom. The minimum absolute atomic E-state index is 0.0495. The number of aromatic nitrogens is 1. The van der Waals surface area contributed by atoms with E-state index in [-0.39, 0.29) is 11.5 Å². The van der Waals surface area contributed by atoms with E-state index in [1.54, 1.807) is 42.0 Å². The van der Waals surface area contributed by atoms with Gasteiger partial charge >= 0.3 is 5.97 Å². The smallest absolute Gasteiger partial charge is 0.338 e. The second-order valence-corrected chi connectivity index (χ2v) is 4.59. The lowest BCUT2D eigenvalue weighted by Gasteiger charge is -2.08. The SMILES string of the molecule is CCOC(=O)c1cccc(Cn2ccc(C)cc2=O)c1. The molecule has 0 N–H and O–H groups in total. The van der Waals surface area contributed by atoms with Crippen LogP contribution < -0.4 is 5.56 Å². The Balaban J connectivity index is 2.23. The van der Waals surface area contributed by atoms with Crippen LogP contribution in [0.15, 0.2) is 47.4 Å². The highest BCUT2D eigenvalue weighted by molar-refractivity contribution is 5.89. The van der Waals surface area contributed by atoms with E-state index in [0.29, 0.717) is 18.7 Å². The van der Waals surface area contributed by atoms with Gasteiger partial charge in [0.2, 0.25) is 0 Å². The van der Waals surface area contributed by atoms with E-state index in [4.69, 9.17) is 4.74 Å². The van der Waals surface area contributed by atoms with Crippen LogP contribution in [0, 0.1) is 6.92 Å². The molecule has 104 valence electrons. The molecule has 0 aliphatic carbocycles. The van der Waals surface area contributed by atoms with Crippen LogP contribution in [0.25, 0.3) is 0 Å². The fraction of sp³-hybridized carbons (Fsp3) is 0.250. The van der Waals surface area contributed by atoms with Crippen molar-refractivity contribution in [2.45, 2.75) is 20.4 Å². The van der Waals surface area contributed by atoms with Gasteiger partial charge in [0.15, 0.2) is 0 Å². The van der Waals surface area contributed by atoms with Crippen LogP contribution in [0.1, 0.15) is 28.4 Å². The van der Waals surface area contributed by atoms with Crippen molar-refractivity contribution < 1.29 is 9.53 Å². The van der Waals surface area contributed by atoms with Crippen molar-refractivity contribution in [3.63, 3.8) is 0 Å². The molecule has 0 aliphatic heterocycles. The van der Waals surface area contributed by atoms with Gasteiger partial charge in [0.05, 0.1) is 18.7 Å². The van der Waals surface area contributed by atoms with E-state index in [1.807, 2.05) is 19.1 Å². The number of aryl methyl sites for hydroxylation is 1. The molecule has 1 aromatic heterocycles. The molecule has 0 amide bonds. The standard InChI is InChI=1S/C16H17NO3/c1-3-20-16(19)14-6-4-5-13(10-14)11-17-8-7-12(2)9-15(17)18/h4-10H,3,11H2,1-2H3. The van der Waals surface area contributed by atoms with Crippen LogP contribution in [-0.4, -0.2) is 17.1 Å². The molecule has 0 fully saturated rings. The minimum Gasteiger partial charge on any atom is -0.462 e. The van der Waals surface area contributed by atoms with Crippen molar-refractivity contribution in [1.82, 2.24) is 4.57 Å². The molecule has 4 heteroatoms. The molecular weight excluding hydrogens is 254 g/mol. The summed E-state index contributed by atoms with van der Waals surface area (Å²) >= 11 is 0. The van der Waals surface area contributed by atoms with Gasteiger partial charge in [-0.1, -0.05) is 12.1 Å². The highest BCUT2D eigenvalue weighted by Crippen LogP contribution is 2.08. The molecular formula is C16H17NO3. The Kier molecular flexibility index (Phi) is 4.35. The quantitative estimate of drug-likeness (QED) is 0.802. The van der Waals surface area contributed by atoms with Gasteiger partial charge in [-0.25, -0.2) is 4.79 Å². The van der Waals surface area contributed by atoms with E-state index in [1.165, 1.54) is 0 Å². The number of carbonyl (C=O) groups is 1. The van der Waals surface area contributed by atoms with Crippen LogP contribution in [0.4, 0.5) is 0 Å². The molecule has 0 bridgehead atoms. The highest BCUT2D eigenvalue weighted by Gasteiger charge is 2.07. The van der Waals surface area contributed by atoms with E-state index in [2.05, 4.69) is 0 Å². The molecule has 0 spiro atoms. The van der Waals surface area contributed by atoms with E-state index < -0.39 is 0 Å². The molecule has 1 heterocycles. The minimum atomic E-state index is -0.342. The van der Waals surface area contributed by atoms with E-state index in [9.17, 15) is 9.59 Å². The van der Waals surface area contributed by atoms with Crippen LogP contribution in [0.2, 0.25) is 0 Å². The molecule has 2 rings (SSSR count). The monoisotopic (exact) mass is 271 g/mol. The molecule has 1 aromatic carbocycles. The number of esters is 1. The lowest BCUT2D eigenvalue weighted by molar-refractivity contribution is 0.0526. The first-order valence-corrected chi connectivity index (χ1v) is 6.53. The summed E-state index contributed by atoms with van der Waals surface area (Å²) in [7, 11) is 0. The summed E-state index contributed by atoms with van der Waals surface area (Å²) < 4.78 is 6.57. The van der Waals surface area contributed by atoms with Crippen molar-refractivity contribution in [2.24, 2.45) is 0 Å². The molecule has 20 heavy (non-hydrogen) atoms. The molecule has 2 aromatic rings. The average molecular weight is 271 g/mol. The molecule has 0 radical (unpaired) electrons. The van der Waals surface area contributed by atoms with Gasteiger partial charge < -0.3 is 9.30 Å². The van der Waals surface area contributed by atoms with E-state index >= 15 is 0 Å². The van der Waals surface area contributed by atoms with Crippen LogP contribution >= 0.6 is 0 Å². The molecule has 4 nitrogen and oxygen atoms in total. The first-order chi connectivity index (χ1) is 9.60. The molecule has 0 saturated carbocycles. The Bertz CT molecular complexity index is 673. The number of hydrogen-bond acceptors (Lipinski definition) is 3. The number of rotatable bonds is 4. The van der Waals surface area contributed by atoms with Crippen molar-refractivity contribution in [3.8, 4) is 0 Å². The van der Waals surface area contributed by atoms with Gasteiger partial charge in [0, 0.05) is 12.3 Å². The number of nitrogens with zero attached hydrogens (tertiary/aromatic N) is 1. The summed E-state index contributed by atoms with van der Waals surface area (Å²) in [6.45, 7) is 4.44. The fourth-order valence-corrected chi connectivity index (χ4v) is 1.95. The maximum Gasteiger partial charge on any atom is 0.338 e. The molecule has 0 saturated heterocycles. The van der Waals surface area contributed by atoms with Crippen molar-refractivity contribution in [2.75, 3.05) is 6.61 Å². The Hall–Kier alpha value is -2.36. The third-order valence-corrected chi connectivity index (χ3v) is 2.94. The maximum atomic E-state index is 11.8. The van der Waals surface area contributed by atoms with Crippen LogP contribution in [-0.2, 0) is 11.3 Å². The zero-order valence-corrected chi connectivity index (χ0v) is 11.6. The predicted octanol–water partition coefficient (Wildman–Crippen LogP) is 2.38. The third-order valence-electron chi connectivity index (χ3n) is 2.94. The second kappa shape index (κ2) is 6.19. The topological polar surface area (TPSA) is 48.3 Å². The first kappa shape index (κ1) is 14.1. The molecule has 0 aliphatic rings. The van der Waals surface area contributed by atoms with Gasteiger partial charge in [0.25, 0.3) is 5.56 Å². The summed E-state index contributed by atoms with van der Waals surface area (Å²) in [6, 6.07) is 10.6. The van der Waals surface area contributed by atoms with E-state index in [0.717, 1.165) is 11.1 Å². The number of carbonyl (C=O) groups excluding carboxylic acids is 1. The van der Waals surface area contributed by atoms with Gasteiger partial charge in [-0.05, 0) is 43.2 Å². The van der Waals surface area contributed by atoms with Crippen molar-refractivity contribution >= 4 is 5.97 Å². The number of ether oxygens (including phenoxy) is 1. The zero-order chi connectivity index (χ0) is 14.5. The number of hydrogen-bond donors (Lipinski definition) is 0. The molecule has 0 atom stereocenters. The summed E-state index contributed by atoms with van der Waals surface area (Å²) in [6.07, 6.45) is 1.76. The fourth-order valence-electron chi connectivity index (χ4n) is 1.95. The van der Waals surface area contributed by atoms with Crippen LogP contribution in [0.3, 0.4) is 0 Å². The third kappa shape index (κ3) is 3.35. The average Bonchev–Trinajstić information content (AvgIpc) is 2.43. The summed E-state index contributed by atoms with van der Waals surface area (Å²) in [5.74, 6) is -0.342. The normalized spacial score (nSPS) is 10.3. The van der Waals surface area contributed by atoms with Crippen LogP contribution in [0.5, 0.6) is 0 Å². The lowest BCUT2D eigenvalue weighted by atomic mass is 10.1. The Morgan fingerprint density at radius 1 is 1.25 bits per heavy atom. The van der Waals surface area contributed by atoms with Gasteiger partial charge in [-0.3, -0.25) is 4.79 Å². The predicted molar refractivity (Wildman–Crippen MR) is 76.9 cm³/mol. The second-order valence-electron chi connectivity index (χ2n) is 4.59. The summed E-state index contributed by atoms with van der Waals surface area (Å²) in [5, 5.41) is 0. The Labute approximate surface area is 117 Å². The largest absolute Gasteiger partial charge is 0.462 e. The summed E-state index contributed by atoms with van der Waals surface area (Å²) in [5.41, 5.74) is 2.28.